The molecule has 1 aliphatic rings. The SMILES string of the molecule is CC(=NN)OCc1c(N)ncnc1NC(C)c1nc2cccc(-c3cnn(C)c3)c2c(=O)n1C1CC1. The van der Waals surface area contributed by atoms with Crippen LogP contribution in [0, 0.1) is 0 Å². The number of aryl methyl sites for hydroxylation is 1. The lowest BCUT2D eigenvalue weighted by Crippen LogP contribution is -2.28. The summed E-state index contributed by atoms with van der Waals surface area (Å²) in [5, 5.41) is 11.7. The number of nitrogens with zero attached hydrogens (tertiary/aromatic N) is 7. The molecule has 1 unspecified atom stereocenters. The second-order valence-corrected chi connectivity index (χ2v) is 8.87. The van der Waals surface area contributed by atoms with E-state index < -0.39 is 0 Å². The molecule has 5 N–H and O–H groups in total. The summed E-state index contributed by atoms with van der Waals surface area (Å²) in [4.78, 5) is 27.3. The molecule has 1 aromatic carbocycles. The number of hydrazone groups is 1. The minimum absolute atomic E-state index is 0.0638. The van der Waals surface area contributed by atoms with E-state index in [2.05, 4.69) is 25.5 Å². The largest absolute Gasteiger partial charge is 0.475 e. The summed E-state index contributed by atoms with van der Waals surface area (Å²) in [5.41, 5.74) is 8.92. The first kappa shape index (κ1) is 23.3. The summed E-state index contributed by atoms with van der Waals surface area (Å²) in [5.74, 6) is 6.96. The van der Waals surface area contributed by atoms with E-state index in [0.29, 0.717) is 34.0 Å². The Kier molecular flexibility index (Phi) is 6.00. The predicted octanol–water partition coefficient (Wildman–Crippen LogP) is 2.49. The molecule has 4 aromatic rings. The van der Waals surface area contributed by atoms with E-state index in [4.69, 9.17) is 21.3 Å². The monoisotopic (exact) mass is 488 g/mol. The van der Waals surface area contributed by atoms with Crippen molar-refractivity contribution in [1.82, 2.24) is 29.3 Å². The third-order valence-electron chi connectivity index (χ3n) is 6.21. The summed E-state index contributed by atoms with van der Waals surface area (Å²) in [6.07, 6.45) is 6.89. The number of ether oxygens (including phenoxy) is 1. The van der Waals surface area contributed by atoms with Gasteiger partial charge in [-0.3, -0.25) is 14.0 Å². The Bertz CT molecular complexity index is 1520. The van der Waals surface area contributed by atoms with Crippen molar-refractivity contribution in [2.24, 2.45) is 18.0 Å². The normalized spacial score (nSPS) is 14.7. The fourth-order valence-electron chi connectivity index (χ4n) is 4.23. The number of hydrogen-bond acceptors (Lipinski definition) is 10. The fourth-order valence-corrected chi connectivity index (χ4v) is 4.23. The van der Waals surface area contributed by atoms with Crippen LogP contribution in [0.1, 0.15) is 50.2 Å². The van der Waals surface area contributed by atoms with Crippen LogP contribution in [0.4, 0.5) is 11.6 Å². The molecule has 1 fully saturated rings. The highest BCUT2D eigenvalue weighted by Crippen LogP contribution is 2.37. The fraction of sp³-hybridized carbons (Fsp3) is 0.333. The van der Waals surface area contributed by atoms with Gasteiger partial charge in [-0.05, 0) is 31.4 Å². The van der Waals surface area contributed by atoms with Gasteiger partial charge in [0.05, 0.1) is 28.7 Å². The van der Waals surface area contributed by atoms with Gasteiger partial charge in [0, 0.05) is 31.8 Å². The Balaban J connectivity index is 1.57. The minimum Gasteiger partial charge on any atom is -0.475 e. The van der Waals surface area contributed by atoms with Crippen LogP contribution in [-0.2, 0) is 18.4 Å². The van der Waals surface area contributed by atoms with Crippen molar-refractivity contribution in [2.45, 2.75) is 45.4 Å². The highest BCUT2D eigenvalue weighted by Gasteiger charge is 2.31. The third kappa shape index (κ3) is 4.32. The van der Waals surface area contributed by atoms with Gasteiger partial charge in [-0.1, -0.05) is 12.1 Å². The molecule has 0 radical (unpaired) electrons. The maximum Gasteiger partial charge on any atom is 0.262 e. The van der Waals surface area contributed by atoms with E-state index >= 15 is 0 Å². The number of nitrogens with two attached hydrogens (primary N) is 2. The lowest BCUT2D eigenvalue weighted by atomic mass is 10.0. The minimum atomic E-state index is -0.359. The third-order valence-corrected chi connectivity index (χ3v) is 6.21. The van der Waals surface area contributed by atoms with Crippen LogP contribution < -0.4 is 22.5 Å². The van der Waals surface area contributed by atoms with Crippen LogP contribution in [0.3, 0.4) is 0 Å². The number of aromatic nitrogens is 6. The maximum absolute atomic E-state index is 13.9. The van der Waals surface area contributed by atoms with E-state index in [-0.39, 0.29) is 30.1 Å². The second kappa shape index (κ2) is 9.29. The van der Waals surface area contributed by atoms with Gasteiger partial charge in [0.2, 0.25) is 5.90 Å². The second-order valence-electron chi connectivity index (χ2n) is 8.87. The van der Waals surface area contributed by atoms with E-state index in [1.54, 1.807) is 17.8 Å². The lowest BCUT2D eigenvalue weighted by molar-refractivity contribution is 0.289. The topological polar surface area (TPSA) is 164 Å². The van der Waals surface area contributed by atoms with Crippen molar-refractivity contribution in [2.75, 3.05) is 11.1 Å². The first-order valence-corrected chi connectivity index (χ1v) is 11.6. The standard InChI is InChI=1S/C24H28N10O2/c1-13(30-22-18(11-36-14(2)32-26)21(25)27-12-28-22)23-31-19-6-4-5-17(15-9-29-33(3)10-15)20(19)24(35)34(23)16-7-8-16/h4-6,9-10,12-13,16H,7-8,11,26H2,1-3H3,(H3,25,27,28,30). The molecular formula is C24H28N10O2. The van der Waals surface area contributed by atoms with Gasteiger partial charge < -0.3 is 21.6 Å². The Morgan fingerprint density at radius 2 is 2.14 bits per heavy atom. The Labute approximate surface area is 207 Å². The average molecular weight is 489 g/mol. The number of nitrogen functional groups attached to an aromatic ring is 1. The van der Waals surface area contributed by atoms with E-state index in [0.717, 1.165) is 24.0 Å². The molecule has 1 atom stereocenters. The summed E-state index contributed by atoms with van der Waals surface area (Å²) in [7, 11) is 1.85. The van der Waals surface area contributed by atoms with Gasteiger partial charge in [-0.25, -0.2) is 15.0 Å². The van der Waals surface area contributed by atoms with Crippen LogP contribution in [-0.4, -0.2) is 35.2 Å². The van der Waals surface area contributed by atoms with E-state index in [9.17, 15) is 4.79 Å². The molecule has 0 saturated heterocycles. The van der Waals surface area contributed by atoms with Crippen LogP contribution in [0.15, 0.2) is 46.8 Å². The Hall–Kier alpha value is -4.48. The average Bonchev–Trinajstić information content (AvgIpc) is 3.61. The van der Waals surface area contributed by atoms with Crippen molar-refractivity contribution < 1.29 is 4.74 Å². The van der Waals surface area contributed by atoms with Gasteiger partial charge in [-0.15, -0.1) is 5.10 Å². The van der Waals surface area contributed by atoms with Gasteiger partial charge in [0.1, 0.15) is 30.4 Å². The van der Waals surface area contributed by atoms with Crippen molar-refractivity contribution >= 4 is 28.4 Å². The molecular weight excluding hydrogens is 460 g/mol. The summed E-state index contributed by atoms with van der Waals surface area (Å²) in [6.45, 7) is 3.67. The Morgan fingerprint density at radius 3 is 2.83 bits per heavy atom. The Morgan fingerprint density at radius 1 is 1.33 bits per heavy atom. The molecule has 1 aliphatic carbocycles. The number of hydrogen-bond donors (Lipinski definition) is 3. The highest BCUT2D eigenvalue weighted by atomic mass is 16.5. The number of nitrogens with one attached hydrogen (secondary N) is 1. The molecule has 5 rings (SSSR count). The van der Waals surface area contributed by atoms with Gasteiger partial charge in [-0.2, -0.15) is 5.10 Å². The van der Waals surface area contributed by atoms with Crippen LogP contribution in [0.2, 0.25) is 0 Å². The summed E-state index contributed by atoms with van der Waals surface area (Å²) >= 11 is 0. The van der Waals surface area contributed by atoms with Crippen molar-refractivity contribution in [3.8, 4) is 11.1 Å². The molecule has 3 aromatic heterocycles. The number of anilines is 2. The zero-order chi connectivity index (χ0) is 25.4. The van der Waals surface area contributed by atoms with E-state index in [1.807, 2.05) is 42.9 Å². The maximum atomic E-state index is 13.9. The van der Waals surface area contributed by atoms with Crippen LogP contribution >= 0.6 is 0 Å². The molecule has 1 saturated carbocycles. The van der Waals surface area contributed by atoms with E-state index in [1.165, 1.54) is 6.33 Å². The number of fused-ring (bicyclic) bond motifs is 1. The van der Waals surface area contributed by atoms with Gasteiger partial charge >= 0.3 is 0 Å². The van der Waals surface area contributed by atoms with Gasteiger partial charge in [0.25, 0.3) is 5.56 Å². The highest BCUT2D eigenvalue weighted by molar-refractivity contribution is 5.93. The molecule has 3 heterocycles. The first-order chi connectivity index (χ1) is 17.4. The smallest absolute Gasteiger partial charge is 0.262 e. The molecule has 12 nitrogen and oxygen atoms in total. The lowest BCUT2D eigenvalue weighted by Gasteiger charge is -2.22. The van der Waals surface area contributed by atoms with Crippen molar-refractivity contribution in [1.29, 1.82) is 0 Å². The molecule has 0 aliphatic heterocycles. The molecule has 36 heavy (non-hydrogen) atoms. The van der Waals surface area contributed by atoms with Gasteiger partial charge in [0.15, 0.2) is 0 Å². The number of rotatable bonds is 7. The summed E-state index contributed by atoms with van der Waals surface area (Å²) in [6, 6.07) is 5.45. The molecule has 0 amide bonds. The molecule has 0 bridgehead atoms. The molecule has 0 spiro atoms. The van der Waals surface area contributed by atoms with Crippen molar-refractivity contribution in [3.05, 3.63) is 58.7 Å². The molecule has 12 heteroatoms. The predicted molar refractivity (Wildman–Crippen MR) is 137 cm³/mol. The quantitative estimate of drug-likeness (QED) is 0.153. The summed E-state index contributed by atoms with van der Waals surface area (Å²) < 4.78 is 9.07. The van der Waals surface area contributed by atoms with Crippen LogP contribution in [0.5, 0.6) is 0 Å². The molecule has 186 valence electrons. The zero-order valence-electron chi connectivity index (χ0n) is 20.3. The zero-order valence-corrected chi connectivity index (χ0v) is 20.3. The first-order valence-electron chi connectivity index (χ1n) is 11.6. The van der Waals surface area contributed by atoms with Crippen molar-refractivity contribution in [3.63, 3.8) is 0 Å². The number of benzene rings is 1. The van der Waals surface area contributed by atoms with Crippen LogP contribution in [0.25, 0.3) is 22.0 Å².